The van der Waals surface area contributed by atoms with E-state index in [0.29, 0.717) is 0 Å². The van der Waals surface area contributed by atoms with Crippen LogP contribution in [0.1, 0.15) is 16.9 Å². The molecule has 1 amide bonds. The number of aliphatic hydroxyl groups excluding tert-OH is 1. The van der Waals surface area contributed by atoms with E-state index >= 15 is 0 Å². The summed E-state index contributed by atoms with van der Waals surface area (Å²) in [5, 5.41) is 20.1. The van der Waals surface area contributed by atoms with E-state index in [-0.39, 0.29) is 24.5 Å². The van der Waals surface area contributed by atoms with Crippen molar-refractivity contribution in [3.8, 4) is 0 Å². The molecule has 1 aliphatic heterocycles. The molecule has 1 aliphatic rings. The third kappa shape index (κ3) is 2.48. The molecule has 1 saturated heterocycles. The highest BCUT2D eigenvalue weighted by atomic mass is 16.6. The van der Waals surface area contributed by atoms with Gasteiger partial charge in [0.15, 0.2) is 5.69 Å². The normalized spacial score (nSPS) is 21.8. The summed E-state index contributed by atoms with van der Waals surface area (Å²) < 4.78 is 4.58. The Morgan fingerprint density at radius 3 is 2.80 bits per heavy atom. The minimum Gasteiger partial charge on any atom is -0.467 e. The van der Waals surface area contributed by atoms with Crippen LogP contribution in [0.3, 0.4) is 0 Å². The number of hydrogen-bond donors (Lipinski definition) is 2. The highest BCUT2D eigenvalue weighted by molar-refractivity contribution is 5.96. The van der Waals surface area contributed by atoms with Gasteiger partial charge in [-0.05, 0) is 11.0 Å². The van der Waals surface area contributed by atoms with Gasteiger partial charge in [-0.2, -0.15) is 0 Å². The van der Waals surface area contributed by atoms with Crippen molar-refractivity contribution in [2.24, 2.45) is 0 Å². The number of carbonyl (C=O) groups excluding carboxylic acids is 2. The van der Waals surface area contributed by atoms with E-state index in [2.05, 4.69) is 9.72 Å². The first-order valence-electron chi connectivity index (χ1n) is 5.84. The van der Waals surface area contributed by atoms with Gasteiger partial charge in [0, 0.05) is 19.0 Å². The quantitative estimate of drug-likeness (QED) is 0.444. The molecule has 9 nitrogen and oxygen atoms in total. The topological polar surface area (TPSA) is 126 Å². The van der Waals surface area contributed by atoms with Crippen LogP contribution in [0.15, 0.2) is 12.1 Å². The average Bonchev–Trinajstić information content (AvgIpc) is 3.03. The minimum atomic E-state index is -0.884. The summed E-state index contributed by atoms with van der Waals surface area (Å²) in [4.78, 5) is 37.2. The number of β-amino-alcohol motifs (C(OH)–C–C–N with tert-alkyl or cyclic N) is 1. The number of aromatic nitrogens is 1. The lowest BCUT2D eigenvalue weighted by Gasteiger charge is -2.20. The van der Waals surface area contributed by atoms with E-state index in [1.165, 1.54) is 13.2 Å². The van der Waals surface area contributed by atoms with Crippen molar-refractivity contribution in [2.75, 3.05) is 13.7 Å². The Hall–Kier alpha value is -2.42. The maximum atomic E-state index is 12.2. The zero-order valence-corrected chi connectivity index (χ0v) is 10.6. The standard InChI is InChI=1S/C11H13N3O6/c1-20-11(17)8-4-6(15)5-13(8)10(16)7-2-3-9(12-7)14(18)19/h2-3,6,8,12,15H,4-5H2,1H3. The van der Waals surface area contributed by atoms with Gasteiger partial charge in [-0.1, -0.05) is 0 Å². The van der Waals surface area contributed by atoms with Crippen LogP contribution in [0.2, 0.25) is 0 Å². The van der Waals surface area contributed by atoms with Gasteiger partial charge < -0.3 is 24.9 Å². The summed E-state index contributed by atoms with van der Waals surface area (Å²) >= 11 is 0. The van der Waals surface area contributed by atoms with Gasteiger partial charge in [-0.25, -0.2) is 9.78 Å². The Labute approximate surface area is 113 Å². The highest BCUT2D eigenvalue weighted by Crippen LogP contribution is 2.22. The number of hydrogen-bond acceptors (Lipinski definition) is 6. The van der Waals surface area contributed by atoms with Gasteiger partial charge in [0.1, 0.15) is 6.04 Å². The summed E-state index contributed by atoms with van der Waals surface area (Å²) in [5.41, 5.74) is -0.0142. The second-order valence-electron chi connectivity index (χ2n) is 4.40. The van der Waals surface area contributed by atoms with Crippen LogP contribution in [0.5, 0.6) is 0 Å². The lowest BCUT2D eigenvalue weighted by Crippen LogP contribution is -2.41. The number of nitrogens with zero attached hydrogens (tertiary/aromatic N) is 2. The van der Waals surface area contributed by atoms with Crippen molar-refractivity contribution in [3.05, 3.63) is 27.9 Å². The molecule has 2 unspecified atom stereocenters. The molecule has 1 fully saturated rings. The molecule has 0 aromatic carbocycles. The maximum absolute atomic E-state index is 12.2. The molecule has 2 N–H and O–H groups in total. The molecule has 1 aromatic heterocycles. The molecule has 20 heavy (non-hydrogen) atoms. The van der Waals surface area contributed by atoms with E-state index in [4.69, 9.17) is 0 Å². The van der Waals surface area contributed by atoms with Crippen molar-refractivity contribution in [2.45, 2.75) is 18.6 Å². The zero-order valence-electron chi connectivity index (χ0n) is 10.6. The average molecular weight is 283 g/mol. The lowest BCUT2D eigenvalue weighted by molar-refractivity contribution is -0.389. The molecule has 0 aliphatic carbocycles. The Bertz CT molecular complexity index is 554. The zero-order chi connectivity index (χ0) is 14.9. The van der Waals surface area contributed by atoms with E-state index < -0.39 is 28.9 Å². The Morgan fingerprint density at radius 2 is 2.25 bits per heavy atom. The number of aromatic amines is 1. The van der Waals surface area contributed by atoms with Crippen molar-refractivity contribution in [3.63, 3.8) is 0 Å². The SMILES string of the molecule is COC(=O)C1CC(O)CN1C(=O)c1ccc([N+](=O)[O-])[nH]1. The molecule has 1 aromatic rings. The number of methoxy groups -OCH3 is 1. The van der Waals surface area contributed by atoms with Crippen molar-refractivity contribution >= 4 is 17.7 Å². The van der Waals surface area contributed by atoms with E-state index in [1.54, 1.807) is 0 Å². The molecule has 0 radical (unpaired) electrons. The number of likely N-dealkylation sites (tertiary alicyclic amines) is 1. The molecule has 2 rings (SSSR count). The maximum Gasteiger partial charge on any atom is 0.328 e. The smallest absolute Gasteiger partial charge is 0.328 e. The number of H-pyrrole nitrogens is 1. The molecule has 0 bridgehead atoms. The van der Waals surface area contributed by atoms with Gasteiger partial charge in [-0.3, -0.25) is 4.79 Å². The van der Waals surface area contributed by atoms with Crippen LogP contribution in [0.4, 0.5) is 5.82 Å². The number of ether oxygens (including phenoxy) is 1. The largest absolute Gasteiger partial charge is 0.467 e. The van der Waals surface area contributed by atoms with Gasteiger partial charge in [0.25, 0.3) is 5.91 Å². The Morgan fingerprint density at radius 1 is 1.55 bits per heavy atom. The number of nitrogens with one attached hydrogen (secondary N) is 1. The second kappa shape index (κ2) is 5.29. The first kappa shape index (κ1) is 14.0. The van der Waals surface area contributed by atoms with Crippen molar-refractivity contribution in [1.29, 1.82) is 0 Å². The van der Waals surface area contributed by atoms with Crippen LogP contribution in [0.25, 0.3) is 0 Å². The highest BCUT2D eigenvalue weighted by Gasteiger charge is 2.41. The number of esters is 1. The van der Waals surface area contributed by atoms with Crippen molar-refractivity contribution in [1.82, 2.24) is 9.88 Å². The number of nitro groups is 1. The molecular weight excluding hydrogens is 270 g/mol. The third-order valence-corrected chi connectivity index (χ3v) is 3.11. The minimum absolute atomic E-state index is 0.0142. The molecule has 0 saturated carbocycles. The van der Waals surface area contributed by atoms with Crippen LogP contribution >= 0.6 is 0 Å². The fourth-order valence-electron chi connectivity index (χ4n) is 2.17. The van der Waals surface area contributed by atoms with Gasteiger partial charge in [-0.15, -0.1) is 0 Å². The molecule has 9 heteroatoms. The predicted molar refractivity (Wildman–Crippen MR) is 64.9 cm³/mol. The molecule has 108 valence electrons. The Kier molecular flexibility index (Phi) is 3.70. The molecule has 0 spiro atoms. The van der Waals surface area contributed by atoms with Crippen LogP contribution in [0, 0.1) is 10.1 Å². The molecular formula is C11H13N3O6. The Balaban J connectivity index is 2.21. The summed E-state index contributed by atoms with van der Waals surface area (Å²) in [7, 11) is 1.19. The van der Waals surface area contributed by atoms with Crippen LogP contribution < -0.4 is 0 Å². The first-order chi connectivity index (χ1) is 9.43. The van der Waals surface area contributed by atoms with E-state index in [9.17, 15) is 24.8 Å². The van der Waals surface area contributed by atoms with Crippen molar-refractivity contribution < 1.29 is 24.4 Å². The summed E-state index contributed by atoms with van der Waals surface area (Å²) in [6.45, 7) is -0.0224. The summed E-state index contributed by atoms with van der Waals surface area (Å²) in [5.74, 6) is -1.54. The van der Waals surface area contributed by atoms with E-state index in [0.717, 1.165) is 11.0 Å². The summed E-state index contributed by atoms with van der Waals surface area (Å²) in [6, 6.07) is 1.54. The number of carbonyl (C=O) groups is 2. The summed E-state index contributed by atoms with van der Waals surface area (Å²) in [6.07, 6.45) is -0.741. The van der Waals surface area contributed by atoms with Gasteiger partial charge >= 0.3 is 11.8 Å². The predicted octanol–water partition coefficient (Wildman–Crippen LogP) is -0.329. The first-order valence-corrected chi connectivity index (χ1v) is 5.84. The van der Waals surface area contributed by atoms with E-state index in [1.807, 2.05) is 0 Å². The fourth-order valence-corrected chi connectivity index (χ4v) is 2.17. The number of amides is 1. The van der Waals surface area contributed by atoms with Gasteiger partial charge in [0.2, 0.25) is 0 Å². The van der Waals surface area contributed by atoms with Gasteiger partial charge in [0.05, 0.1) is 13.2 Å². The van der Waals surface area contributed by atoms with Crippen LogP contribution in [-0.2, 0) is 9.53 Å². The monoisotopic (exact) mass is 283 g/mol. The number of rotatable bonds is 3. The molecule has 2 heterocycles. The number of aliphatic hydroxyl groups is 1. The molecule has 2 atom stereocenters. The third-order valence-electron chi connectivity index (χ3n) is 3.11. The fraction of sp³-hybridized carbons (Fsp3) is 0.455. The second-order valence-corrected chi connectivity index (χ2v) is 4.40. The van der Waals surface area contributed by atoms with Crippen LogP contribution in [-0.4, -0.2) is 57.6 Å². The lowest BCUT2D eigenvalue weighted by atomic mass is 10.2.